The minimum Gasteiger partial charge on any atom is -0.349 e. The van der Waals surface area contributed by atoms with Gasteiger partial charge in [-0.05, 0) is 39.8 Å². The average Bonchev–Trinajstić information content (AvgIpc) is 3.01. The monoisotopic (exact) mass is 345 g/mol. The third kappa shape index (κ3) is 4.64. The van der Waals surface area contributed by atoms with E-state index in [0.29, 0.717) is 17.8 Å². The molecule has 0 bridgehead atoms. The number of hydrogen-bond donors (Lipinski definition) is 1. The highest BCUT2D eigenvalue weighted by atomic mass is 32.1. The number of carbonyl (C=O) groups is 2. The molecule has 0 aliphatic heterocycles. The van der Waals surface area contributed by atoms with E-state index in [-0.39, 0.29) is 23.9 Å². The normalized spacial score (nSPS) is 10.9. The van der Waals surface area contributed by atoms with E-state index in [0.717, 1.165) is 5.01 Å². The van der Waals surface area contributed by atoms with E-state index in [2.05, 4.69) is 10.3 Å². The molecule has 0 unspecified atom stereocenters. The Morgan fingerprint density at radius 3 is 2.42 bits per heavy atom. The van der Waals surface area contributed by atoms with Gasteiger partial charge in [-0.2, -0.15) is 0 Å². The van der Waals surface area contributed by atoms with Gasteiger partial charge in [-0.1, -0.05) is 18.2 Å². The van der Waals surface area contributed by atoms with Gasteiger partial charge in [0.25, 0.3) is 11.8 Å². The zero-order valence-corrected chi connectivity index (χ0v) is 15.3. The Morgan fingerprint density at radius 2 is 1.83 bits per heavy atom. The van der Waals surface area contributed by atoms with Crippen molar-refractivity contribution in [3.8, 4) is 0 Å². The Labute approximate surface area is 146 Å². The molecular weight excluding hydrogens is 322 g/mol. The predicted molar refractivity (Wildman–Crippen MR) is 96.2 cm³/mol. The van der Waals surface area contributed by atoms with Crippen LogP contribution in [0.15, 0.2) is 35.7 Å². The number of hydrogen-bond acceptors (Lipinski definition) is 4. The first-order valence-electron chi connectivity index (χ1n) is 7.99. The first-order valence-corrected chi connectivity index (χ1v) is 8.87. The molecule has 0 radical (unpaired) electrons. The van der Waals surface area contributed by atoms with Crippen LogP contribution in [0.3, 0.4) is 0 Å². The largest absolute Gasteiger partial charge is 0.349 e. The van der Waals surface area contributed by atoms with Crippen LogP contribution in [-0.4, -0.2) is 33.8 Å². The second kappa shape index (κ2) is 8.06. The maximum absolute atomic E-state index is 12.7. The molecule has 0 aliphatic carbocycles. The lowest BCUT2D eigenvalue weighted by Crippen LogP contribution is -2.36. The Kier molecular flexibility index (Phi) is 6.09. The number of benzene rings is 1. The van der Waals surface area contributed by atoms with Gasteiger partial charge in [0.15, 0.2) is 0 Å². The van der Waals surface area contributed by atoms with Gasteiger partial charge in [-0.3, -0.25) is 9.59 Å². The summed E-state index contributed by atoms with van der Waals surface area (Å²) in [5, 5.41) is 5.31. The van der Waals surface area contributed by atoms with Crippen molar-refractivity contribution in [2.45, 2.75) is 46.3 Å². The summed E-state index contributed by atoms with van der Waals surface area (Å²) in [5.41, 5.74) is 1.06. The third-order valence-corrected chi connectivity index (χ3v) is 4.25. The van der Waals surface area contributed by atoms with Gasteiger partial charge >= 0.3 is 0 Å². The Morgan fingerprint density at radius 1 is 1.17 bits per heavy atom. The molecule has 1 N–H and O–H groups in total. The van der Waals surface area contributed by atoms with Gasteiger partial charge in [0.05, 0.1) is 6.54 Å². The van der Waals surface area contributed by atoms with Crippen LogP contribution in [0.2, 0.25) is 0 Å². The van der Waals surface area contributed by atoms with Crippen molar-refractivity contribution in [3.05, 3.63) is 52.0 Å². The van der Waals surface area contributed by atoms with Crippen LogP contribution in [0.1, 0.15) is 53.5 Å². The van der Waals surface area contributed by atoms with E-state index in [1.807, 2.05) is 45.9 Å². The molecule has 128 valence electrons. The molecule has 0 atom stereocenters. The van der Waals surface area contributed by atoms with E-state index < -0.39 is 0 Å². The van der Waals surface area contributed by atoms with E-state index in [1.165, 1.54) is 11.3 Å². The highest BCUT2D eigenvalue weighted by molar-refractivity contribution is 7.09. The molecule has 24 heavy (non-hydrogen) atoms. The fourth-order valence-electron chi connectivity index (χ4n) is 2.21. The number of rotatable bonds is 6. The summed E-state index contributed by atoms with van der Waals surface area (Å²) in [7, 11) is 0. The molecule has 2 aromatic rings. The molecule has 1 aromatic heterocycles. The number of thiazole rings is 1. The van der Waals surface area contributed by atoms with E-state index in [1.54, 1.807) is 22.4 Å². The van der Waals surface area contributed by atoms with Gasteiger partial charge < -0.3 is 10.2 Å². The number of aromatic nitrogens is 1. The lowest BCUT2D eigenvalue weighted by Gasteiger charge is -2.26. The zero-order chi connectivity index (χ0) is 17.7. The number of nitrogens with zero attached hydrogens (tertiary/aromatic N) is 2. The van der Waals surface area contributed by atoms with Gasteiger partial charge in [-0.25, -0.2) is 4.98 Å². The summed E-state index contributed by atoms with van der Waals surface area (Å²) in [5.74, 6) is -0.216. The van der Waals surface area contributed by atoms with E-state index in [9.17, 15) is 9.59 Å². The van der Waals surface area contributed by atoms with Gasteiger partial charge in [0, 0.05) is 23.0 Å². The van der Waals surface area contributed by atoms with Crippen LogP contribution in [0, 0.1) is 0 Å². The maximum Gasteiger partial charge on any atom is 0.270 e. The Balaban J connectivity index is 2.13. The SMILES string of the molecule is CC(C)NC(=O)c1csc(CN(C(=O)c2ccccc2)C(C)C)n1. The molecule has 0 spiro atoms. The van der Waals surface area contributed by atoms with Crippen molar-refractivity contribution < 1.29 is 9.59 Å². The first kappa shape index (κ1) is 18.1. The van der Waals surface area contributed by atoms with Gasteiger partial charge in [0.1, 0.15) is 10.7 Å². The molecule has 1 aromatic carbocycles. The molecule has 0 saturated carbocycles. The maximum atomic E-state index is 12.7. The second-order valence-corrected chi connectivity index (χ2v) is 7.09. The fraction of sp³-hybridized carbons (Fsp3) is 0.389. The molecule has 1 heterocycles. The number of carbonyl (C=O) groups excluding carboxylic acids is 2. The van der Waals surface area contributed by atoms with Gasteiger partial charge in [0.2, 0.25) is 0 Å². The smallest absolute Gasteiger partial charge is 0.270 e. The lowest BCUT2D eigenvalue weighted by molar-refractivity contribution is 0.0690. The highest BCUT2D eigenvalue weighted by Gasteiger charge is 2.21. The molecule has 0 aliphatic rings. The van der Waals surface area contributed by atoms with Crippen molar-refractivity contribution in [2.24, 2.45) is 0 Å². The fourth-order valence-corrected chi connectivity index (χ4v) is 2.98. The molecule has 2 amide bonds. The quantitative estimate of drug-likeness (QED) is 0.873. The Bertz CT molecular complexity index is 695. The predicted octanol–water partition coefficient (Wildman–Crippen LogP) is 3.33. The zero-order valence-electron chi connectivity index (χ0n) is 14.4. The molecule has 5 nitrogen and oxygen atoms in total. The summed E-state index contributed by atoms with van der Waals surface area (Å²) >= 11 is 1.40. The van der Waals surface area contributed by atoms with E-state index >= 15 is 0 Å². The summed E-state index contributed by atoms with van der Waals surface area (Å²) in [6, 6.07) is 9.30. The van der Waals surface area contributed by atoms with Crippen LogP contribution in [-0.2, 0) is 6.54 Å². The molecule has 6 heteroatoms. The molecule has 2 rings (SSSR count). The van der Waals surface area contributed by atoms with Gasteiger partial charge in [-0.15, -0.1) is 11.3 Å². The first-order chi connectivity index (χ1) is 11.4. The number of nitrogens with one attached hydrogen (secondary N) is 1. The topological polar surface area (TPSA) is 62.3 Å². The van der Waals surface area contributed by atoms with Crippen LogP contribution in [0.25, 0.3) is 0 Å². The minimum atomic E-state index is -0.182. The summed E-state index contributed by atoms with van der Waals surface area (Å²) < 4.78 is 0. The molecule has 0 saturated heterocycles. The van der Waals surface area contributed by atoms with Crippen LogP contribution in [0.4, 0.5) is 0 Å². The molecular formula is C18H23N3O2S. The Hall–Kier alpha value is -2.21. The van der Waals surface area contributed by atoms with Crippen molar-refractivity contribution >= 4 is 23.2 Å². The summed E-state index contributed by atoms with van der Waals surface area (Å²) in [6.45, 7) is 8.15. The lowest BCUT2D eigenvalue weighted by atomic mass is 10.1. The second-order valence-electron chi connectivity index (χ2n) is 6.15. The van der Waals surface area contributed by atoms with Crippen molar-refractivity contribution in [2.75, 3.05) is 0 Å². The summed E-state index contributed by atoms with van der Waals surface area (Å²) in [4.78, 5) is 30.8. The van der Waals surface area contributed by atoms with Crippen LogP contribution in [0.5, 0.6) is 0 Å². The van der Waals surface area contributed by atoms with Crippen molar-refractivity contribution in [1.82, 2.24) is 15.2 Å². The highest BCUT2D eigenvalue weighted by Crippen LogP contribution is 2.17. The van der Waals surface area contributed by atoms with Crippen LogP contribution >= 0.6 is 11.3 Å². The van der Waals surface area contributed by atoms with Crippen molar-refractivity contribution in [3.63, 3.8) is 0 Å². The third-order valence-electron chi connectivity index (χ3n) is 3.41. The standard InChI is InChI=1S/C18H23N3O2S/c1-12(2)19-17(22)15-11-24-16(20-15)10-21(13(3)4)18(23)14-8-6-5-7-9-14/h5-9,11-13H,10H2,1-4H3,(H,19,22). The van der Waals surface area contributed by atoms with E-state index in [4.69, 9.17) is 0 Å². The minimum absolute atomic E-state index is 0.0334. The molecule has 0 fully saturated rings. The van der Waals surface area contributed by atoms with Crippen molar-refractivity contribution in [1.29, 1.82) is 0 Å². The van der Waals surface area contributed by atoms with Crippen LogP contribution < -0.4 is 5.32 Å². The summed E-state index contributed by atoms with van der Waals surface area (Å²) in [6.07, 6.45) is 0. The average molecular weight is 345 g/mol. The number of amides is 2.